The lowest BCUT2D eigenvalue weighted by atomic mass is 10.1. The molecule has 1 aliphatic heterocycles. The van der Waals surface area contributed by atoms with Crippen molar-refractivity contribution in [2.24, 2.45) is 0 Å². The van der Waals surface area contributed by atoms with E-state index in [1.807, 2.05) is 0 Å². The van der Waals surface area contributed by atoms with Crippen LogP contribution in [0.4, 0.5) is 10.1 Å². The number of halogens is 1. The van der Waals surface area contributed by atoms with Gasteiger partial charge in [-0.05, 0) is 35.9 Å². The number of anilines is 1. The molecule has 4 rings (SSSR count). The SMILES string of the molecule is O=C([O-])c1ccc(-c2ccc(/C=C3\SC(=S)N(c4cccc(F)c4)C3=O)o2)cc1. The van der Waals surface area contributed by atoms with E-state index in [1.54, 1.807) is 36.4 Å². The van der Waals surface area contributed by atoms with Crippen LogP contribution in [-0.4, -0.2) is 16.2 Å². The Bertz CT molecular complexity index is 1170. The highest BCUT2D eigenvalue weighted by atomic mass is 32.2. The van der Waals surface area contributed by atoms with Gasteiger partial charge in [0.2, 0.25) is 0 Å². The van der Waals surface area contributed by atoms with Crippen molar-refractivity contribution in [3.63, 3.8) is 0 Å². The molecule has 1 aromatic heterocycles. The van der Waals surface area contributed by atoms with Crippen molar-refractivity contribution in [1.82, 2.24) is 0 Å². The average molecular weight is 424 g/mol. The van der Waals surface area contributed by atoms with Gasteiger partial charge in [0.25, 0.3) is 5.91 Å². The summed E-state index contributed by atoms with van der Waals surface area (Å²) in [5.41, 5.74) is 1.12. The molecule has 1 saturated heterocycles. The molecule has 0 spiro atoms. The molecular formula is C21H11FNO4S2-. The molecule has 1 amide bonds. The highest BCUT2D eigenvalue weighted by Gasteiger charge is 2.33. The Balaban J connectivity index is 1.58. The van der Waals surface area contributed by atoms with Crippen LogP contribution in [0.2, 0.25) is 0 Å². The molecule has 2 heterocycles. The maximum Gasteiger partial charge on any atom is 0.270 e. The van der Waals surface area contributed by atoms with Gasteiger partial charge in [-0.25, -0.2) is 4.39 Å². The number of carbonyl (C=O) groups excluding carboxylic acids is 2. The molecule has 5 nitrogen and oxygen atoms in total. The lowest BCUT2D eigenvalue weighted by molar-refractivity contribution is -0.255. The fourth-order valence-electron chi connectivity index (χ4n) is 2.79. The number of aromatic carboxylic acids is 1. The van der Waals surface area contributed by atoms with Crippen molar-refractivity contribution in [3.05, 3.63) is 82.7 Å². The number of amides is 1. The Hall–Kier alpha value is -3.23. The van der Waals surface area contributed by atoms with E-state index in [0.717, 1.165) is 11.8 Å². The molecule has 1 aliphatic rings. The molecular weight excluding hydrogens is 413 g/mol. The summed E-state index contributed by atoms with van der Waals surface area (Å²) in [7, 11) is 0. The summed E-state index contributed by atoms with van der Waals surface area (Å²) in [6.45, 7) is 0. The lowest BCUT2D eigenvalue weighted by Gasteiger charge is -2.14. The maximum atomic E-state index is 13.5. The summed E-state index contributed by atoms with van der Waals surface area (Å²) in [5.74, 6) is -1.12. The molecule has 8 heteroatoms. The zero-order valence-corrected chi connectivity index (χ0v) is 16.3. The van der Waals surface area contributed by atoms with Crippen molar-refractivity contribution in [2.75, 3.05) is 4.90 Å². The number of thiocarbonyl (C=S) groups is 1. The number of hydrogen-bond acceptors (Lipinski definition) is 6. The van der Waals surface area contributed by atoms with E-state index in [4.69, 9.17) is 16.6 Å². The number of hydrogen-bond donors (Lipinski definition) is 0. The third-order valence-electron chi connectivity index (χ3n) is 4.17. The van der Waals surface area contributed by atoms with E-state index in [0.29, 0.717) is 32.0 Å². The number of carboxylic acids is 1. The van der Waals surface area contributed by atoms with Crippen LogP contribution in [0.15, 0.2) is 70.0 Å². The highest BCUT2D eigenvalue weighted by Crippen LogP contribution is 2.36. The summed E-state index contributed by atoms with van der Waals surface area (Å²) < 4.78 is 19.5. The average Bonchev–Trinajstić information content (AvgIpc) is 3.26. The van der Waals surface area contributed by atoms with Crippen LogP contribution in [0.5, 0.6) is 0 Å². The van der Waals surface area contributed by atoms with Gasteiger partial charge in [-0.15, -0.1) is 0 Å². The van der Waals surface area contributed by atoms with Gasteiger partial charge < -0.3 is 14.3 Å². The van der Waals surface area contributed by atoms with E-state index in [1.165, 1.54) is 35.2 Å². The number of furan rings is 1. The van der Waals surface area contributed by atoms with Gasteiger partial charge in [-0.2, -0.15) is 0 Å². The minimum absolute atomic E-state index is 0.0709. The van der Waals surface area contributed by atoms with Gasteiger partial charge in [0, 0.05) is 11.6 Å². The first kappa shape index (κ1) is 19.1. The van der Waals surface area contributed by atoms with Crippen molar-refractivity contribution in [1.29, 1.82) is 0 Å². The molecule has 0 N–H and O–H groups in total. The number of thioether (sulfide) groups is 1. The van der Waals surface area contributed by atoms with Crippen molar-refractivity contribution in [2.45, 2.75) is 0 Å². The standard InChI is InChI=1S/C21H12FNO4S2/c22-14-2-1-3-15(10-14)23-19(24)18(29-21(23)28)11-16-8-9-17(27-16)12-4-6-13(7-5-12)20(25)26/h1-11H,(H,25,26)/p-1/b18-11-. The van der Waals surface area contributed by atoms with Crippen LogP contribution in [0.3, 0.4) is 0 Å². The van der Waals surface area contributed by atoms with Gasteiger partial charge >= 0.3 is 0 Å². The first-order valence-corrected chi connectivity index (χ1v) is 9.60. The van der Waals surface area contributed by atoms with Crippen molar-refractivity contribution in [3.8, 4) is 11.3 Å². The summed E-state index contributed by atoms with van der Waals surface area (Å²) in [6, 6.07) is 15.1. The molecule has 3 aromatic rings. The third kappa shape index (κ3) is 3.85. The summed E-state index contributed by atoms with van der Waals surface area (Å²) in [4.78, 5) is 25.2. The van der Waals surface area contributed by atoms with Gasteiger partial charge in [0.15, 0.2) is 4.32 Å². The summed E-state index contributed by atoms with van der Waals surface area (Å²) in [5, 5.41) is 10.8. The molecule has 2 aromatic carbocycles. The maximum absolute atomic E-state index is 13.5. The molecule has 0 bridgehead atoms. The van der Waals surface area contributed by atoms with Crippen LogP contribution in [0, 0.1) is 5.82 Å². The molecule has 144 valence electrons. The largest absolute Gasteiger partial charge is 0.545 e. The Labute approximate surface area is 174 Å². The molecule has 0 saturated carbocycles. The minimum atomic E-state index is -1.25. The fraction of sp³-hybridized carbons (Fsp3) is 0. The monoisotopic (exact) mass is 424 g/mol. The molecule has 0 radical (unpaired) electrons. The highest BCUT2D eigenvalue weighted by molar-refractivity contribution is 8.27. The lowest BCUT2D eigenvalue weighted by Crippen LogP contribution is -2.27. The number of nitrogens with zero attached hydrogens (tertiary/aromatic N) is 1. The zero-order chi connectivity index (χ0) is 20.5. The second-order valence-corrected chi connectivity index (χ2v) is 7.74. The van der Waals surface area contributed by atoms with E-state index < -0.39 is 11.8 Å². The molecule has 0 unspecified atom stereocenters. The number of carboxylic acid groups (broad SMARTS) is 1. The number of benzene rings is 2. The van der Waals surface area contributed by atoms with E-state index >= 15 is 0 Å². The van der Waals surface area contributed by atoms with E-state index in [2.05, 4.69) is 0 Å². The number of rotatable bonds is 4. The van der Waals surface area contributed by atoms with Gasteiger partial charge in [-0.3, -0.25) is 9.69 Å². The van der Waals surface area contributed by atoms with E-state index in [-0.39, 0.29) is 11.5 Å². The quantitative estimate of drug-likeness (QED) is 0.468. The zero-order valence-electron chi connectivity index (χ0n) is 14.6. The molecule has 29 heavy (non-hydrogen) atoms. The Morgan fingerprint density at radius 2 is 1.90 bits per heavy atom. The Morgan fingerprint density at radius 3 is 2.59 bits per heavy atom. The topological polar surface area (TPSA) is 73.6 Å². The summed E-state index contributed by atoms with van der Waals surface area (Å²) in [6.07, 6.45) is 1.57. The predicted octanol–water partition coefficient (Wildman–Crippen LogP) is 3.86. The second kappa shape index (κ2) is 7.65. The van der Waals surface area contributed by atoms with Crippen LogP contribution in [-0.2, 0) is 4.79 Å². The molecule has 0 atom stereocenters. The fourth-order valence-corrected chi connectivity index (χ4v) is 4.07. The van der Waals surface area contributed by atoms with Gasteiger partial charge in [0.05, 0.1) is 16.6 Å². The Kier molecular flexibility index (Phi) is 5.04. The first-order valence-electron chi connectivity index (χ1n) is 8.37. The summed E-state index contributed by atoms with van der Waals surface area (Å²) >= 11 is 6.37. The number of carbonyl (C=O) groups is 2. The van der Waals surface area contributed by atoms with Crippen molar-refractivity contribution >= 4 is 51.9 Å². The van der Waals surface area contributed by atoms with Crippen LogP contribution in [0.1, 0.15) is 16.1 Å². The van der Waals surface area contributed by atoms with Crippen LogP contribution >= 0.6 is 24.0 Å². The minimum Gasteiger partial charge on any atom is -0.545 e. The van der Waals surface area contributed by atoms with Crippen LogP contribution in [0.25, 0.3) is 17.4 Å². The first-order chi connectivity index (χ1) is 13.9. The van der Waals surface area contributed by atoms with Gasteiger partial charge in [-0.1, -0.05) is 54.3 Å². The predicted molar refractivity (Wildman–Crippen MR) is 111 cm³/mol. The third-order valence-corrected chi connectivity index (χ3v) is 5.47. The Morgan fingerprint density at radius 1 is 1.14 bits per heavy atom. The molecule has 0 aliphatic carbocycles. The second-order valence-electron chi connectivity index (χ2n) is 6.06. The normalized spacial score (nSPS) is 15.3. The van der Waals surface area contributed by atoms with Crippen molar-refractivity contribution < 1.29 is 23.5 Å². The van der Waals surface area contributed by atoms with E-state index in [9.17, 15) is 19.1 Å². The molecule has 1 fully saturated rings. The van der Waals surface area contributed by atoms with Crippen LogP contribution < -0.4 is 10.0 Å². The van der Waals surface area contributed by atoms with Gasteiger partial charge in [0.1, 0.15) is 17.3 Å². The smallest absolute Gasteiger partial charge is 0.270 e.